The lowest BCUT2D eigenvalue weighted by Gasteiger charge is -2.33. The molecule has 2 saturated heterocycles. The van der Waals surface area contributed by atoms with Crippen LogP contribution in [0.3, 0.4) is 0 Å². The highest BCUT2D eigenvalue weighted by Gasteiger charge is 2.34. The van der Waals surface area contributed by atoms with Crippen molar-refractivity contribution in [3.05, 3.63) is 0 Å². The van der Waals surface area contributed by atoms with E-state index in [9.17, 15) is 4.79 Å². The SMILES string of the molecule is CN1CCC(CNC(=O)C2(C)CCCNC2)C1. The summed E-state index contributed by atoms with van der Waals surface area (Å²) in [5.41, 5.74) is -0.192. The summed E-state index contributed by atoms with van der Waals surface area (Å²) in [6, 6.07) is 0. The third kappa shape index (κ3) is 3.19. The van der Waals surface area contributed by atoms with Gasteiger partial charge in [-0.05, 0) is 52.2 Å². The summed E-state index contributed by atoms with van der Waals surface area (Å²) < 4.78 is 0. The maximum Gasteiger partial charge on any atom is 0.227 e. The smallest absolute Gasteiger partial charge is 0.227 e. The van der Waals surface area contributed by atoms with Crippen molar-refractivity contribution in [1.82, 2.24) is 15.5 Å². The van der Waals surface area contributed by atoms with Gasteiger partial charge < -0.3 is 15.5 Å². The molecule has 0 bridgehead atoms. The normalized spacial score (nSPS) is 34.8. The van der Waals surface area contributed by atoms with E-state index >= 15 is 0 Å². The Hall–Kier alpha value is -0.610. The lowest BCUT2D eigenvalue weighted by atomic mass is 9.82. The fourth-order valence-corrected chi connectivity index (χ4v) is 2.89. The Bertz CT molecular complexity index is 274. The van der Waals surface area contributed by atoms with Crippen LogP contribution in [0.2, 0.25) is 0 Å². The summed E-state index contributed by atoms with van der Waals surface area (Å²) in [7, 11) is 2.15. The van der Waals surface area contributed by atoms with Crippen LogP contribution >= 0.6 is 0 Å². The summed E-state index contributed by atoms with van der Waals surface area (Å²) in [6.45, 7) is 7.09. The number of likely N-dealkylation sites (tertiary alicyclic amines) is 1. The first-order valence-corrected chi connectivity index (χ1v) is 6.78. The van der Waals surface area contributed by atoms with Crippen molar-refractivity contribution in [2.24, 2.45) is 11.3 Å². The zero-order valence-electron chi connectivity index (χ0n) is 11.1. The largest absolute Gasteiger partial charge is 0.355 e. The van der Waals surface area contributed by atoms with E-state index in [4.69, 9.17) is 0 Å². The predicted molar refractivity (Wildman–Crippen MR) is 68.8 cm³/mol. The van der Waals surface area contributed by atoms with Gasteiger partial charge in [0, 0.05) is 19.6 Å². The van der Waals surface area contributed by atoms with E-state index in [2.05, 4.69) is 29.5 Å². The number of hydrogen-bond acceptors (Lipinski definition) is 3. The van der Waals surface area contributed by atoms with Gasteiger partial charge in [0.1, 0.15) is 0 Å². The monoisotopic (exact) mass is 239 g/mol. The molecular formula is C13H25N3O. The molecule has 98 valence electrons. The van der Waals surface area contributed by atoms with Crippen molar-refractivity contribution >= 4 is 5.91 Å². The van der Waals surface area contributed by atoms with Crippen molar-refractivity contribution in [2.75, 3.05) is 39.8 Å². The Kier molecular flexibility index (Phi) is 4.05. The highest BCUT2D eigenvalue weighted by atomic mass is 16.2. The molecule has 4 nitrogen and oxygen atoms in total. The molecule has 1 amide bonds. The van der Waals surface area contributed by atoms with Crippen LogP contribution in [0.15, 0.2) is 0 Å². The first kappa shape index (κ1) is 12.8. The zero-order chi connectivity index (χ0) is 12.3. The number of nitrogens with one attached hydrogen (secondary N) is 2. The fraction of sp³-hybridized carbons (Fsp3) is 0.923. The molecule has 0 aromatic carbocycles. The van der Waals surface area contributed by atoms with Crippen LogP contribution in [-0.4, -0.2) is 50.6 Å². The number of amides is 1. The van der Waals surface area contributed by atoms with Crippen molar-refractivity contribution in [1.29, 1.82) is 0 Å². The molecule has 0 saturated carbocycles. The second-order valence-electron chi connectivity index (χ2n) is 5.97. The lowest BCUT2D eigenvalue weighted by molar-refractivity contribution is -0.131. The minimum Gasteiger partial charge on any atom is -0.355 e. The molecule has 2 aliphatic rings. The third-order valence-electron chi connectivity index (χ3n) is 4.19. The number of carbonyl (C=O) groups excluding carboxylic acids is 1. The van der Waals surface area contributed by atoms with Crippen LogP contribution in [0, 0.1) is 11.3 Å². The van der Waals surface area contributed by atoms with Gasteiger partial charge in [0.25, 0.3) is 0 Å². The van der Waals surface area contributed by atoms with Gasteiger partial charge in [-0.1, -0.05) is 0 Å². The number of nitrogens with zero attached hydrogens (tertiary/aromatic N) is 1. The topological polar surface area (TPSA) is 44.4 Å². The summed E-state index contributed by atoms with van der Waals surface area (Å²) in [5, 5.41) is 6.47. The standard InChI is InChI=1S/C13H25N3O/c1-13(5-3-6-14-10-13)12(17)15-8-11-4-7-16(2)9-11/h11,14H,3-10H2,1-2H3,(H,15,17). The average molecular weight is 239 g/mol. The van der Waals surface area contributed by atoms with Gasteiger partial charge in [-0.3, -0.25) is 4.79 Å². The summed E-state index contributed by atoms with van der Waals surface area (Å²) >= 11 is 0. The summed E-state index contributed by atoms with van der Waals surface area (Å²) in [6.07, 6.45) is 3.33. The highest BCUT2D eigenvalue weighted by molar-refractivity contribution is 5.82. The fourth-order valence-electron chi connectivity index (χ4n) is 2.89. The van der Waals surface area contributed by atoms with Crippen LogP contribution < -0.4 is 10.6 Å². The molecule has 2 atom stereocenters. The van der Waals surface area contributed by atoms with Crippen LogP contribution in [0.25, 0.3) is 0 Å². The zero-order valence-corrected chi connectivity index (χ0v) is 11.1. The van der Waals surface area contributed by atoms with Gasteiger partial charge in [-0.15, -0.1) is 0 Å². The molecule has 2 fully saturated rings. The van der Waals surface area contributed by atoms with Crippen LogP contribution in [0.5, 0.6) is 0 Å². The van der Waals surface area contributed by atoms with Crippen LogP contribution in [-0.2, 0) is 4.79 Å². The molecule has 4 heteroatoms. The van der Waals surface area contributed by atoms with Crippen molar-refractivity contribution in [2.45, 2.75) is 26.2 Å². The number of hydrogen-bond donors (Lipinski definition) is 2. The molecule has 17 heavy (non-hydrogen) atoms. The number of carbonyl (C=O) groups is 1. The molecular weight excluding hydrogens is 214 g/mol. The van der Waals surface area contributed by atoms with Crippen molar-refractivity contribution in [3.8, 4) is 0 Å². The second-order valence-corrected chi connectivity index (χ2v) is 5.97. The molecule has 0 spiro atoms. The Morgan fingerprint density at radius 3 is 3.00 bits per heavy atom. The van der Waals surface area contributed by atoms with Gasteiger partial charge in [-0.2, -0.15) is 0 Å². The molecule has 0 aromatic heterocycles. The molecule has 2 unspecified atom stereocenters. The van der Waals surface area contributed by atoms with E-state index in [0.717, 1.165) is 39.0 Å². The van der Waals surface area contributed by atoms with E-state index in [1.807, 2.05) is 0 Å². The van der Waals surface area contributed by atoms with E-state index < -0.39 is 0 Å². The van der Waals surface area contributed by atoms with Gasteiger partial charge in [0.2, 0.25) is 5.91 Å². The third-order valence-corrected chi connectivity index (χ3v) is 4.19. The molecule has 2 heterocycles. The number of rotatable bonds is 3. The average Bonchev–Trinajstić information content (AvgIpc) is 2.73. The molecule has 0 radical (unpaired) electrons. The second kappa shape index (κ2) is 5.36. The molecule has 2 rings (SSSR count). The van der Waals surface area contributed by atoms with Crippen LogP contribution in [0.1, 0.15) is 26.2 Å². The molecule has 0 aliphatic carbocycles. The van der Waals surface area contributed by atoms with Crippen LogP contribution in [0.4, 0.5) is 0 Å². The molecule has 2 aliphatic heterocycles. The molecule has 2 N–H and O–H groups in total. The van der Waals surface area contributed by atoms with E-state index in [-0.39, 0.29) is 11.3 Å². The minimum absolute atomic E-state index is 0.192. The van der Waals surface area contributed by atoms with Gasteiger partial charge >= 0.3 is 0 Å². The van der Waals surface area contributed by atoms with Gasteiger partial charge in [-0.25, -0.2) is 0 Å². The quantitative estimate of drug-likeness (QED) is 0.751. The Morgan fingerprint density at radius 1 is 1.59 bits per heavy atom. The lowest BCUT2D eigenvalue weighted by Crippen LogP contribution is -2.49. The minimum atomic E-state index is -0.192. The molecule has 0 aromatic rings. The maximum absolute atomic E-state index is 12.2. The Labute approximate surface area is 104 Å². The van der Waals surface area contributed by atoms with Gasteiger partial charge in [0.05, 0.1) is 5.41 Å². The number of piperidine rings is 1. The van der Waals surface area contributed by atoms with Crippen molar-refractivity contribution < 1.29 is 4.79 Å². The van der Waals surface area contributed by atoms with E-state index in [0.29, 0.717) is 5.92 Å². The Morgan fingerprint density at radius 2 is 2.41 bits per heavy atom. The Balaban J connectivity index is 1.76. The first-order chi connectivity index (χ1) is 8.10. The summed E-state index contributed by atoms with van der Waals surface area (Å²) in [5.74, 6) is 0.878. The summed E-state index contributed by atoms with van der Waals surface area (Å²) in [4.78, 5) is 14.5. The van der Waals surface area contributed by atoms with E-state index in [1.165, 1.54) is 13.0 Å². The highest BCUT2D eigenvalue weighted by Crippen LogP contribution is 2.25. The van der Waals surface area contributed by atoms with E-state index in [1.54, 1.807) is 0 Å². The maximum atomic E-state index is 12.2. The van der Waals surface area contributed by atoms with Gasteiger partial charge in [0.15, 0.2) is 0 Å². The van der Waals surface area contributed by atoms with Crippen molar-refractivity contribution in [3.63, 3.8) is 0 Å². The first-order valence-electron chi connectivity index (χ1n) is 6.78. The predicted octanol–water partition coefficient (Wildman–Crippen LogP) is 0.444.